The van der Waals surface area contributed by atoms with Crippen molar-refractivity contribution in [3.8, 4) is 5.75 Å². The molecule has 2 heterocycles. The van der Waals surface area contributed by atoms with E-state index in [1.807, 2.05) is 0 Å². The third-order valence-corrected chi connectivity index (χ3v) is 2.64. The molecule has 0 bridgehead atoms. The van der Waals surface area contributed by atoms with Crippen LogP contribution in [0.5, 0.6) is 5.75 Å². The molecule has 0 fully saturated rings. The molecule has 0 aliphatic carbocycles. The molecule has 2 aromatic rings. The van der Waals surface area contributed by atoms with Crippen molar-refractivity contribution in [2.24, 2.45) is 0 Å². The summed E-state index contributed by atoms with van der Waals surface area (Å²) < 4.78 is 5.00. The normalized spacial score (nSPS) is 9.93. The van der Waals surface area contributed by atoms with E-state index >= 15 is 0 Å². The Hall–Kier alpha value is -1.75. The largest absolute Gasteiger partial charge is 0.495 e. The van der Waals surface area contributed by atoms with Crippen molar-refractivity contribution in [3.05, 3.63) is 40.6 Å². The summed E-state index contributed by atoms with van der Waals surface area (Å²) in [6.07, 6.45) is 4.63. The zero-order valence-electron chi connectivity index (χ0n) is 8.01. The number of rotatable bonds is 3. The lowest BCUT2D eigenvalue weighted by Crippen LogP contribution is -1.99. The van der Waals surface area contributed by atoms with Gasteiger partial charge in [-0.3, -0.25) is 14.8 Å². The lowest BCUT2D eigenvalue weighted by Gasteiger charge is -2.00. The first-order valence-corrected chi connectivity index (χ1v) is 5.11. The van der Waals surface area contributed by atoms with Crippen LogP contribution in [0.25, 0.3) is 0 Å². The molecule has 0 N–H and O–H groups in total. The SMILES string of the molecule is COc1cncc(C(=O)c2cncs2)c1. The quantitative estimate of drug-likeness (QED) is 0.740. The molecule has 0 unspecified atom stereocenters. The van der Waals surface area contributed by atoms with Gasteiger partial charge in [0.2, 0.25) is 5.78 Å². The average molecular weight is 220 g/mol. The molecular formula is C10H8N2O2S. The second-order valence-corrected chi connectivity index (χ2v) is 3.69. The highest BCUT2D eigenvalue weighted by molar-refractivity contribution is 7.11. The summed E-state index contributed by atoms with van der Waals surface area (Å²) in [5.74, 6) is 0.495. The topological polar surface area (TPSA) is 52.1 Å². The molecule has 0 radical (unpaired) electrons. The summed E-state index contributed by atoms with van der Waals surface area (Å²) in [5, 5.41) is 0. The summed E-state index contributed by atoms with van der Waals surface area (Å²) in [5.41, 5.74) is 2.14. The van der Waals surface area contributed by atoms with E-state index < -0.39 is 0 Å². The van der Waals surface area contributed by atoms with Crippen LogP contribution in [0.15, 0.2) is 30.2 Å². The van der Waals surface area contributed by atoms with Crippen molar-refractivity contribution in [2.75, 3.05) is 7.11 Å². The number of aromatic nitrogens is 2. The van der Waals surface area contributed by atoms with Gasteiger partial charge in [0.05, 0.1) is 23.7 Å². The van der Waals surface area contributed by atoms with Gasteiger partial charge in [-0.25, -0.2) is 0 Å². The Bertz CT molecular complexity index is 468. The lowest BCUT2D eigenvalue weighted by molar-refractivity contribution is 0.104. The van der Waals surface area contributed by atoms with E-state index in [0.717, 1.165) is 0 Å². The van der Waals surface area contributed by atoms with E-state index in [-0.39, 0.29) is 5.78 Å². The highest BCUT2D eigenvalue weighted by Gasteiger charge is 2.11. The van der Waals surface area contributed by atoms with E-state index in [1.54, 1.807) is 24.0 Å². The van der Waals surface area contributed by atoms with E-state index in [4.69, 9.17) is 4.74 Å². The molecule has 15 heavy (non-hydrogen) atoms. The Kier molecular flexibility index (Phi) is 2.73. The number of nitrogens with zero attached hydrogens (tertiary/aromatic N) is 2. The number of thiazole rings is 1. The van der Waals surface area contributed by atoms with Crippen LogP contribution in [0.3, 0.4) is 0 Å². The summed E-state index contributed by atoms with van der Waals surface area (Å²) in [7, 11) is 1.54. The summed E-state index contributed by atoms with van der Waals surface area (Å²) >= 11 is 1.31. The van der Waals surface area contributed by atoms with Gasteiger partial charge >= 0.3 is 0 Å². The number of pyridine rings is 1. The maximum Gasteiger partial charge on any atom is 0.206 e. The van der Waals surface area contributed by atoms with Crippen LogP contribution in [-0.4, -0.2) is 22.9 Å². The zero-order valence-corrected chi connectivity index (χ0v) is 8.82. The number of methoxy groups -OCH3 is 1. The van der Waals surface area contributed by atoms with Crippen molar-refractivity contribution >= 4 is 17.1 Å². The number of carbonyl (C=O) groups excluding carboxylic acids is 1. The van der Waals surface area contributed by atoms with Crippen LogP contribution in [0, 0.1) is 0 Å². The second-order valence-electron chi connectivity index (χ2n) is 2.81. The van der Waals surface area contributed by atoms with Gasteiger partial charge in [0, 0.05) is 18.0 Å². The molecular weight excluding hydrogens is 212 g/mol. The molecule has 0 atom stereocenters. The molecule has 0 aromatic carbocycles. The van der Waals surface area contributed by atoms with Gasteiger partial charge in [0.15, 0.2) is 0 Å². The zero-order chi connectivity index (χ0) is 10.7. The molecule has 0 aliphatic heterocycles. The number of ketones is 1. The lowest BCUT2D eigenvalue weighted by atomic mass is 10.2. The van der Waals surface area contributed by atoms with Crippen LogP contribution in [0.2, 0.25) is 0 Å². The van der Waals surface area contributed by atoms with E-state index in [9.17, 15) is 4.79 Å². The van der Waals surface area contributed by atoms with Gasteiger partial charge in [-0.2, -0.15) is 0 Å². The first kappa shape index (κ1) is 9.79. The van der Waals surface area contributed by atoms with Crippen molar-refractivity contribution in [1.29, 1.82) is 0 Å². The standard InChI is InChI=1S/C10H8N2O2S/c1-14-8-2-7(3-11-4-8)10(13)9-5-12-6-15-9/h2-6H,1H3. The summed E-state index contributed by atoms with van der Waals surface area (Å²) in [6.45, 7) is 0. The van der Waals surface area contributed by atoms with Crippen LogP contribution in [0.1, 0.15) is 15.2 Å². The predicted octanol–water partition coefficient (Wildman–Crippen LogP) is 1.78. The van der Waals surface area contributed by atoms with Crippen molar-refractivity contribution in [2.45, 2.75) is 0 Å². The fourth-order valence-electron chi connectivity index (χ4n) is 1.12. The Labute approximate surface area is 90.6 Å². The van der Waals surface area contributed by atoms with Crippen LogP contribution in [0.4, 0.5) is 0 Å². The Morgan fingerprint density at radius 3 is 2.87 bits per heavy atom. The van der Waals surface area contributed by atoms with Gasteiger partial charge in [0.1, 0.15) is 5.75 Å². The number of hydrogen-bond donors (Lipinski definition) is 0. The third-order valence-electron chi connectivity index (χ3n) is 1.87. The van der Waals surface area contributed by atoms with Crippen molar-refractivity contribution < 1.29 is 9.53 Å². The first-order valence-electron chi connectivity index (χ1n) is 4.23. The average Bonchev–Trinajstić information content (AvgIpc) is 2.81. The molecule has 0 saturated carbocycles. The fraction of sp³-hybridized carbons (Fsp3) is 0.100. The van der Waals surface area contributed by atoms with Crippen molar-refractivity contribution in [3.63, 3.8) is 0 Å². The highest BCUT2D eigenvalue weighted by Crippen LogP contribution is 2.16. The van der Waals surface area contributed by atoms with E-state index in [1.165, 1.54) is 24.6 Å². The molecule has 4 nitrogen and oxygen atoms in total. The van der Waals surface area contributed by atoms with Gasteiger partial charge in [-0.1, -0.05) is 0 Å². The molecule has 0 amide bonds. The maximum atomic E-state index is 11.9. The molecule has 0 spiro atoms. The molecule has 76 valence electrons. The number of carbonyl (C=O) groups is 1. The van der Waals surface area contributed by atoms with Crippen LogP contribution < -0.4 is 4.74 Å². The minimum atomic E-state index is -0.0797. The van der Waals surface area contributed by atoms with E-state index in [2.05, 4.69) is 9.97 Å². The molecule has 5 heteroatoms. The highest BCUT2D eigenvalue weighted by atomic mass is 32.1. The van der Waals surface area contributed by atoms with Gasteiger partial charge in [-0.05, 0) is 6.07 Å². The first-order chi connectivity index (χ1) is 7.31. The maximum absolute atomic E-state index is 11.9. The smallest absolute Gasteiger partial charge is 0.206 e. The molecule has 2 rings (SSSR count). The summed E-state index contributed by atoms with van der Waals surface area (Å²) in [4.78, 5) is 20.2. The second kappa shape index (κ2) is 4.18. The number of hydrogen-bond acceptors (Lipinski definition) is 5. The fourth-order valence-corrected chi connectivity index (χ4v) is 1.71. The monoisotopic (exact) mass is 220 g/mol. The molecule has 0 aliphatic rings. The number of ether oxygens (including phenoxy) is 1. The Morgan fingerprint density at radius 1 is 1.33 bits per heavy atom. The van der Waals surface area contributed by atoms with Gasteiger partial charge in [0.25, 0.3) is 0 Å². The van der Waals surface area contributed by atoms with Gasteiger partial charge < -0.3 is 4.74 Å². The minimum Gasteiger partial charge on any atom is -0.495 e. The summed E-state index contributed by atoms with van der Waals surface area (Å²) in [6, 6.07) is 1.66. The van der Waals surface area contributed by atoms with Crippen LogP contribution >= 0.6 is 11.3 Å². The van der Waals surface area contributed by atoms with Crippen LogP contribution in [-0.2, 0) is 0 Å². The molecule has 0 saturated heterocycles. The Balaban J connectivity index is 2.34. The van der Waals surface area contributed by atoms with Crippen molar-refractivity contribution in [1.82, 2.24) is 9.97 Å². The molecule has 2 aromatic heterocycles. The van der Waals surface area contributed by atoms with Gasteiger partial charge in [-0.15, -0.1) is 11.3 Å². The Morgan fingerprint density at radius 2 is 2.20 bits per heavy atom. The van der Waals surface area contributed by atoms with E-state index in [0.29, 0.717) is 16.2 Å². The third kappa shape index (κ3) is 2.02. The predicted molar refractivity (Wildman–Crippen MR) is 56.3 cm³/mol. The minimum absolute atomic E-state index is 0.0797.